The van der Waals surface area contributed by atoms with E-state index in [-0.39, 0.29) is 6.10 Å². The van der Waals surface area contributed by atoms with E-state index in [1.165, 1.54) is 13.8 Å². The van der Waals surface area contributed by atoms with E-state index in [9.17, 15) is 9.90 Å². The van der Waals surface area contributed by atoms with Crippen LogP contribution in [-0.4, -0.2) is 29.4 Å². The number of benzene rings is 3. The summed E-state index contributed by atoms with van der Waals surface area (Å²) in [7, 11) is 0. The standard InChI is InChI=1S/C30H32O6/c1-19(17-18-33-23-11-13-24(14-12-23)36-30(4,5)29(31)32)34-26-16-15-25-27(22-9-7-6-8-10-22)21(3)35-28(25)20(26)2/h6-16,19H,17-18H2,1-5H3,(H,31,32)/t19-/m1/s1. The molecule has 3 aromatic carbocycles. The number of carbonyl (C=O) groups is 1. The van der Waals surface area contributed by atoms with E-state index in [1.54, 1.807) is 24.3 Å². The fourth-order valence-electron chi connectivity index (χ4n) is 4.05. The molecule has 6 heteroatoms. The largest absolute Gasteiger partial charge is 0.493 e. The summed E-state index contributed by atoms with van der Waals surface area (Å²) in [5, 5.41) is 10.3. The first-order chi connectivity index (χ1) is 17.2. The lowest BCUT2D eigenvalue weighted by molar-refractivity contribution is -0.152. The summed E-state index contributed by atoms with van der Waals surface area (Å²) in [5.74, 6) is 1.82. The topological polar surface area (TPSA) is 78.1 Å². The summed E-state index contributed by atoms with van der Waals surface area (Å²) >= 11 is 0. The smallest absolute Gasteiger partial charge is 0.347 e. The van der Waals surface area contributed by atoms with Gasteiger partial charge < -0.3 is 23.7 Å². The van der Waals surface area contributed by atoms with Crippen LogP contribution in [0.1, 0.15) is 38.5 Å². The first-order valence-corrected chi connectivity index (χ1v) is 12.1. The molecule has 36 heavy (non-hydrogen) atoms. The minimum Gasteiger partial charge on any atom is -0.493 e. The zero-order chi connectivity index (χ0) is 25.9. The van der Waals surface area contributed by atoms with Crippen molar-refractivity contribution in [3.63, 3.8) is 0 Å². The number of fused-ring (bicyclic) bond motifs is 1. The third-order valence-corrected chi connectivity index (χ3v) is 6.13. The maximum Gasteiger partial charge on any atom is 0.347 e. The van der Waals surface area contributed by atoms with Crippen molar-refractivity contribution in [2.45, 2.75) is 52.7 Å². The summed E-state index contributed by atoms with van der Waals surface area (Å²) < 4.78 is 23.7. The molecule has 0 spiro atoms. The molecule has 0 bridgehead atoms. The maximum absolute atomic E-state index is 11.2. The minimum atomic E-state index is -1.30. The predicted molar refractivity (Wildman–Crippen MR) is 140 cm³/mol. The van der Waals surface area contributed by atoms with E-state index in [0.717, 1.165) is 39.2 Å². The first-order valence-electron chi connectivity index (χ1n) is 12.1. The van der Waals surface area contributed by atoms with Crippen LogP contribution in [0.15, 0.2) is 71.1 Å². The molecule has 0 aliphatic heterocycles. The van der Waals surface area contributed by atoms with Crippen LogP contribution in [0.25, 0.3) is 22.1 Å². The molecule has 0 aliphatic rings. The molecule has 0 amide bonds. The van der Waals surface area contributed by atoms with Crippen molar-refractivity contribution >= 4 is 16.9 Å². The Hall–Kier alpha value is -3.93. The molecule has 1 heterocycles. The first kappa shape index (κ1) is 25.2. The predicted octanol–water partition coefficient (Wildman–Crippen LogP) is 7.20. The van der Waals surface area contributed by atoms with Crippen LogP contribution in [0.3, 0.4) is 0 Å². The molecule has 188 valence electrons. The van der Waals surface area contributed by atoms with Crippen LogP contribution >= 0.6 is 0 Å². The number of hydrogen-bond acceptors (Lipinski definition) is 5. The fraction of sp³-hybridized carbons (Fsp3) is 0.300. The van der Waals surface area contributed by atoms with Gasteiger partial charge in [0.25, 0.3) is 0 Å². The van der Waals surface area contributed by atoms with E-state index in [4.69, 9.17) is 18.6 Å². The molecular weight excluding hydrogens is 456 g/mol. The molecular formula is C30H32O6. The number of aliphatic carboxylic acids is 1. The van der Waals surface area contributed by atoms with E-state index >= 15 is 0 Å². The molecule has 4 aromatic rings. The molecule has 0 aliphatic carbocycles. The Morgan fingerprint density at radius 1 is 0.972 bits per heavy atom. The third kappa shape index (κ3) is 5.48. The maximum atomic E-state index is 11.2. The Morgan fingerprint density at radius 3 is 2.31 bits per heavy atom. The molecule has 0 saturated carbocycles. The van der Waals surface area contributed by atoms with Gasteiger partial charge in [0.2, 0.25) is 0 Å². The molecule has 0 saturated heterocycles. The Kier molecular flexibility index (Phi) is 7.25. The number of carboxylic acids is 1. The Bertz CT molecular complexity index is 1340. The van der Waals surface area contributed by atoms with E-state index < -0.39 is 11.6 Å². The van der Waals surface area contributed by atoms with Crippen LogP contribution in [0.4, 0.5) is 0 Å². The van der Waals surface area contributed by atoms with Crippen molar-refractivity contribution in [1.29, 1.82) is 0 Å². The van der Waals surface area contributed by atoms with E-state index in [0.29, 0.717) is 24.5 Å². The quantitative estimate of drug-likeness (QED) is 0.254. The van der Waals surface area contributed by atoms with E-state index in [2.05, 4.69) is 18.2 Å². The Labute approximate surface area is 211 Å². The number of furan rings is 1. The number of aryl methyl sites for hydroxylation is 2. The van der Waals surface area contributed by atoms with Gasteiger partial charge in [-0.05, 0) is 76.6 Å². The van der Waals surface area contributed by atoms with Crippen LogP contribution < -0.4 is 14.2 Å². The summed E-state index contributed by atoms with van der Waals surface area (Å²) in [6.07, 6.45) is 0.624. The lowest BCUT2D eigenvalue weighted by atomic mass is 10.0. The van der Waals surface area contributed by atoms with Gasteiger partial charge in [0.05, 0.1) is 12.7 Å². The summed E-state index contributed by atoms with van der Waals surface area (Å²) in [5.41, 5.74) is 2.78. The lowest BCUT2D eigenvalue weighted by Crippen LogP contribution is -2.37. The second kappa shape index (κ2) is 10.4. The normalized spacial score (nSPS) is 12.4. The summed E-state index contributed by atoms with van der Waals surface area (Å²) in [6.45, 7) is 9.52. The average Bonchev–Trinajstić information content (AvgIpc) is 3.19. The van der Waals surface area contributed by atoms with Crippen molar-refractivity contribution in [2.24, 2.45) is 0 Å². The highest BCUT2D eigenvalue weighted by Gasteiger charge is 2.29. The van der Waals surface area contributed by atoms with Gasteiger partial charge in [-0.15, -0.1) is 0 Å². The molecule has 6 nitrogen and oxygen atoms in total. The monoisotopic (exact) mass is 488 g/mol. The number of ether oxygens (including phenoxy) is 3. The van der Waals surface area contributed by atoms with Gasteiger partial charge in [-0.1, -0.05) is 30.3 Å². The number of hydrogen-bond donors (Lipinski definition) is 1. The van der Waals surface area contributed by atoms with Gasteiger partial charge in [-0.2, -0.15) is 0 Å². The van der Waals surface area contributed by atoms with Crippen molar-refractivity contribution in [2.75, 3.05) is 6.61 Å². The second-order valence-corrected chi connectivity index (χ2v) is 9.42. The third-order valence-electron chi connectivity index (χ3n) is 6.13. The molecule has 1 atom stereocenters. The SMILES string of the molecule is Cc1oc2c(C)c(O[C@H](C)CCOc3ccc(OC(C)(C)C(=O)O)cc3)ccc2c1-c1ccccc1. The Morgan fingerprint density at radius 2 is 1.64 bits per heavy atom. The number of rotatable bonds is 10. The van der Waals surface area contributed by atoms with Crippen molar-refractivity contribution in [1.82, 2.24) is 0 Å². The van der Waals surface area contributed by atoms with Gasteiger partial charge in [0.1, 0.15) is 28.6 Å². The lowest BCUT2D eigenvalue weighted by Gasteiger charge is -2.21. The highest BCUT2D eigenvalue weighted by molar-refractivity contribution is 5.98. The highest BCUT2D eigenvalue weighted by Crippen LogP contribution is 2.39. The van der Waals surface area contributed by atoms with Crippen LogP contribution in [0.5, 0.6) is 17.2 Å². The molecule has 1 N–H and O–H groups in total. The zero-order valence-electron chi connectivity index (χ0n) is 21.3. The van der Waals surface area contributed by atoms with Crippen LogP contribution in [-0.2, 0) is 4.79 Å². The molecule has 4 rings (SSSR count). The van der Waals surface area contributed by atoms with Crippen molar-refractivity contribution < 1.29 is 28.5 Å². The number of carboxylic acid groups (broad SMARTS) is 1. The van der Waals surface area contributed by atoms with Gasteiger partial charge in [-0.25, -0.2) is 4.79 Å². The average molecular weight is 489 g/mol. The Balaban J connectivity index is 1.35. The molecule has 0 unspecified atom stereocenters. The van der Waals surface area contributed by atoms with Crippen molar-refractivity contribution in [3.05, 3.63) is 78.1 Å². The summed E-state index contributed by atoms with van der Waals surface area (Å²) in [4.78, 5) is 11.2. The van der Waals surface area contributed by atoms with Gasteiger partial charge in [0.15, 0.2) is 5.60 Å². The minimum absolute atomic E-state index is 0.0650. The van der Waals surface area contributed by atoms with E-state index in [1.807, 2.05) is 45.0 Å². The molecule has 0 fully saturated rings. The van der Waals surface area contributed by atoms with Gasteiger partial charge >= 0.3 is 5.97 Å². The van der Waals surface area contributed by atoms with Crippen molar-refractivity contribution in [3.8, 4) is 28.4 Å². The van der Waals surface area contributed by atoms with Gasteiger partial charge in [0, 0.05) is 22.9 Å². The summed E-state index contributed by atoms with van der Waals surface area (Å²) in [6, 6.07) is 21.3. The second-order valence-electron chi connectivity index (χ2n) is 9.42. The molecule has 0 radical (unpaired) electrons. The van der Waals surface area contributed by atoms with Gasteiger partial charge in [-0.3, -0.25) is 0 Å². The van der Waals surface area contributed by atoms with Crippen LogP contribution in [0, 0.1) is 13.8 Å². The fourth-order valence-corrected chi connectivity index (χ4v) is 4.05. The highest BCUT2D eigenvalue weighted by atomic mass is 16.5. The van der Waals surface area contributed by atoms with Crippen LogP contribution in [0.2, 0.25) is 0 Å². The zero-order valence-corrected chi connectivity index (χ0v) is 21.3. The molecule has 1 aromatic heterocycles.